The highest BCUT2D eigenvalue weighted by molar-refractivity contribution is 6.01. The summed E-state index contributed by atoms with van der Waals surface area (Å²) in [5, 5.41) is 5.94. The van der Waals surface area contributed by atoms with E-state index in [2.05, 4.69) is 22.5 Å². The van der Waals surface area contributed by atoms with Crippen LogP contribution in [0.15, 0.2) is 18.2 Å². The van der Waals surface area contributed by atoms with E-state index in [0.717, 1.165) is 19.1 Å². The predicted octanol–water partition coefficient (Wildman–Crippen LogP) is 1.62. The van der Waals surface area contributed by atoms with E-state index < -0.39 is 6.10 Å². The van der Waals surface area contributed by atoms with E-state index in [0.29, 0.717) is 22.9 Å². The molecule has 1 saturated carbocycles. The van der Waals surface area contributed by atoms with E-state index in [4.69, 9.17) is 4.74 Å². The molecule has 1 unspecified atom stereocenters. The zero-order chi connectivity index (χ0) is 16.8. The van der Waals surface area contributed by atoms with Crippen LogP contribution in [0.1, 0.15) is 37.0 Å². The number of nitrogens with one attached hydrogen (secondary N) is 2. The molecule has 1 aromatic rings. The second-order valence-electron chi connectivity index (χ2n) is 7.20. The lowest BCUT2D eigenvalue weighted by molar-refractivity contribution is -0.122. The van der Waals surface area contributed by atoms with E-state index in [1.165, 1.54) is 12.8 Å². The summed E-state index contributed by atoms with van der Waals surface area (Å²) >= 11 is 0. The molecule has 2 amide bonds. The lowest BCUT2D eigenvalue weighted by Gasteiger charge is -2.24. The SMILES string of the molecule is CC1Oc2ccc(C(=O)N[C@H]3CN(C4CC4)C[C@H]3C)cc2NC1=O. The van der Waals surface area contributed by atoms with Crippen molar-refractivity contribution in [2.24, 2.45) is 5.92 Å². The topological polar surface area (TPSA) is 70.7 Å². The highest BCUT2D eigenvalue weighted by Crippen LogP contribution is 2.32. The van der Waals surface area contributed by atoms with Crippen LogP contribution >= 0.6 is 0 Å². The predicted molar refractivity (Wildman–Crippen MR) is 90.2 cm³/mol. The van der Waals surface area contributed by atoms with E-state index in [9.17, 15) is 9.59 Å². The number of likely N-dealkylation sites (tertiary alicyclic amines) is 1. The van der Waals surface area contributed by atoms with Crippen LogP contribution in [0.2, 0.25) is 0 Å². The summed E-state index contributed by atoms with van der Waals surface area (Å²) < 4.78 is 5.53. The Bertz CT molecular complexity index is 686. The molecule has 6 nitrogen and oxygen atoms in total. The lowest BCUT2D eigenvalue weighted by Crippen LogP contribution is -2.40. The van der Waals surface area contributed by atoms with Gasteiger partial charge in [0.1, 0.15) is 5.75 Å². The van der Waals surface area contributed by atoms with Gasteiger partial charge in [0, 0.05) is 30.7 Å². The molecule has 2 aliphatic heterocycles. The van der Waals surface area contributed by atoms with Crippen LogP contribution in [0.5, 0.6) is 5.75 Å². The molecule has 2 heterocycles. The highest BCUT2D eigenvalue weighted by Gasteiger charge is 2.38. The number of anilines is 1. The zero-order valence-corrected chi connectivity index (χ0v) is 14.0. The maximum absolute atomic E-state index is 12.6. The summed E-state index contributed by atoms with van der Waals surface area (Å²) in [5.41, 5.74) is 1.11. The molecule has 6 heteroatoms. The Kier molecular flexibility index (Phi) is 3.72. The third-order valence-electron chi connectivity index (χ3n) is 5.19. The molecular weight excluding hydrogens is 306 g/mol. The minimum Gasteiger partial charge on any atom is -0.479 e. The van der Waals surface area contributed by atoms with E-state index in [-0.39, 0.29) is 17.9 Å². The molecule has 4 rings (SSSR count). The number of hydrogen-bond acceptors (Lipinski definition) is 4. The average Bonchev–Trinajstić information content (AvgIpc) is 3.33. The van der Waals surface area contributed by atoms with Gasteiger partial charge in [-0.15, -0.1) is 0 Å². The molecule has 2 N–H and O–H groups in total. The normalized spacial score (nSPS) is 29.6. The third-order valence-corrected chi connectivity index (χ3v) is 5.19. The molecule has 1 aliphatic carbocycles. The Labute approximate surface area is 141 Å². The van der Waals surface area contributed by atoms with E-state index in [1.807, 2.05) is 0 Å². The highest BCUT2D eigenvalue weighted by atomic mass is 16.5. The molecular formula is C18H23N3O3. The summed E-state index contributed by atoms with van der Waals surface area (Å²) in [6, 6.07) is 6.09. The van der Waals surface area contributed by atoms with Crippen LogP contribution in [0.3, 0.4) is 0 Å². The van der Waals surface area contributed by atoms with E-state index >= 15 is 0 Å². The second kappa shape index (κ2) is 5.77. The monoisotopic (exact) mass is 329 g/mol. The minimum absolute atomic E-state index is 0.0971. The number of fused-ring (bicyclic) bond motifs is 1. The number of benzene rings is 1. The van der Waals surface area contributed by atoms with Crippen LogP contribution in [0.25, 0.3) is 0 Å². The fourth-order valence-electron chi connectivity index (χ4n) is 3.53. The van der Waals surface area contributed by atoms with Gasteiger partial charge in [-0.3, -0.25) is 14.5 Å². The Morgan fingerprint density at radius 2 is 2.08 bits per heavy atom. The van der Waals surface area contributed by atoms with Gasteiger partial charge >= 0.3 is 0 Å². The van der Waals surface area contributed by atoms with Crippen molar-refractivity contribution in [1.82, 2.24) is 10.2 Å². The first-order valence-electron chi connectivity index (χ1n) is 8.68. The Balaban J connectivity index is 1.45. The molecule has 0 radical (unpaired) electrons. The van der Waals surface area contributed by atoms with Gasteiger partial charge in [-0.05, 0) is 43.9 Å². The first-order valence-corrected chi connectivity index (χ1v) is 8.68. The fourth-order valence-corrected chi connectivity index (χ4v) is 3.53. The molecule has 1 aromatic carbocycles. The van der Waals surface area contributed by atoms with Gasteiger partial charge in [-0.1, -0.05) is 6.92 Å². The molecule has 128 valence electrons. The molecule has 3 aliphatic rings. The number of carbonyl (C=O) groups is 2. The van der Waals surface area contributed by atoms with Crippen LogP contribution in [0.4, 0.5) is 5.69 Å². The first-order chi connectivity index (χ1) is 11.5. The maximum atomic E-state index is 12.6. The molecule has 1 saturated heterocycles. The van der Waals surface area contributed by atoms with Gasteiger partial charge in [-0.25, -0.2) is 0 Å². The third kappa shape index (κ3) is 2.86. The molecule has 2 fully saturated rings. The maximum Gasteiger partial charge on any atom is 0.265 e. The molecule has 0 aromatic heterocycles. The van der Waals surface area contributed by atoms with Crippen LogP contribution in [-0.4, -0.2) is 48.0 Å². The second-order valence-corrected chi connectivity index (χ2v) is 7.20. The minimum atomic E-state index is -0.509. The summed E-state index contributed by atoms with van der Waals surface area (Å²) in [4.78, 5) is 26.8. The Morgan fingerprint density at radius 1 is 1.29 bits per heavy atom. The van der Waals surface area contributed by atoms with Crippen molar-refractivity contribution in [2.45, 2.75) is 44.9 Å². The van der Waals surface area contributed by atoms with Gasteiger partial charge < -0.3 is 15.4 Å². The summed E-state index contributed by atoms with van der Waals surface area (Å²) in [6.45, 7) is 5.88. The quantitative estimate of drug-likeness (QED) is 0.884. The number of amides is 2. The Morgan fingerprint density at radius 3 is 2.83 bits per heavy atom. The summed E-state index contributed by atoms with van der Waals surface area (Å²) in [5.74, 6) is 0.772. The molecule has 0 bridgehead atoms. The van der Waals surface area contributed by atoms with Gasteiger partial charge in [0.2, 0.25) is 0 Å². The number of carbonyl (C=O) groups excluding carboxylic acids is 2. The standard InChI is InChI=1S/C18H23N3O3/c1-10-8-21(13-4-5-13)9-15(10)20-18(23)12-3-6-16-14(7-12)19-17(22)11(2)24-16/h3,6-7,10-11,13,15H,4-5,8-9H2,1-2H3,(H,19,22)(H,20,23)/t10-,11?,15+/m1/s1. The number of rotatable bonds is 3. The molecule has 24 heavy (non-hydrogen) atoms. The zero-order valence-electron chi connectivity index (χ0n) is 14.0. The van der Waals surface area contributed by atoms with Crippen molar-refractivity contribution in [1.29, 1.82) is 0 Å². The average molecular weight is 329 g/mol. The number of nitrogens with zero attached hydrogens (tertiary/aromatic N) is 1. The molecule has 0 spiro atoms. The summed E-state index contributed by atoms with van der Waals surface area (Å²) in [6.07, 6.45) is 2.07. The van der Waals surface area contributed by atoms with Gasteiger partial charge in [0.05, 0.1) is 5.69 Å². The Hall–Kier alpha value is -2.08. The largest absolute Gasteiger partial charge is 0.479 e. The van der Waals surface area contributed by atoms with Crippen molar-refractivity contribution in [3.8, 4) is 5.75 Å². The number of ether oxygens (including phenoxy) is 1. The van der Waals surface area contributed by atoms with Crippen LogP contribution in [-0.2, 0) is 4.79 Å². The smallest absolute Gasteiger partial charge is 0.265 e. The van der Waals surface area contributed by atoms with Crippen molar-refractivity contribution in [3.05, 3.63) is 23.8 Å². The summed E-state index contributed by atoms with van der Waals surface area (Å²) in [7, 11) is 0. The van der Waals surface area contributed by atoms with Crippen molar-refractivity contribution in [2.75, 3.05) is 18.4 Å². The van der Waals surface area contributed by atoms with Crippen LogP contribution < -0.4 is 15.4 Å². The van der Waals surface area contributed by atoms with Crippen LogP contribution in [0, 0.1) is 5.92 Å². The lowest BCUT2D eigenvalue weighted by atomic mass is 10.1. The number of hydrogen-bond donors (Lipinski definition) is 2. The van der Waals surface area contributed by atoms with Gasteiger partial charge in [-0.2, -0.15) is 0 Å². The fraction of sp³-hybridized carbons (Fsp3) is 0.556. The molecule has 3 atom stereocenters. The first kappa shape index (κ1) is 15.4. The van der Waals surface area contributed by atoms with Crippen molar-refractivity contribution in [3.63, 3.8) is 0 Å². The van der Waals surface area contributed by atoms with E-state index in [1.54, 1.807) is 25.1 Å². The van der Waals surface area contributed by atoms with Crippen molar-refractivity contribution >= 4 is 17.5 Å². The van der Waals surface area contributed by atoms with Gasteiger partial charge in [0.15, 0.2) is 6.10 Å². The van der Waals surface area contributed by atoms with Gasteiger partial charge in [0.25, 0.3) is 11.8 Å². The van der Waals surface area contributed by atoms with Crippen molar-refractivity contribution < 1.29 is 14.3 Å².